The molecule has 6 fully saturated rings. The lowest BCUT2D eigenvalue weighted by atomic mass is 10.0. The van der Waals surface area contributed by atoms with Gasteiger partial charge in [0, 0.05) is 73.3 Å². The highest BCUT2D eigenvalue weighted by atomic mass is 31.2. The third kappa shape index (κ3) is 23.1. The molecular weight excluding hydrogens is 1450 g/mol. The molecule has 6 bridgehead atoms. The number of hydrogen-bond donors (Lipinski definition) is 11. The monoisotopic (exact) mass is 1540 g/mol. The number of ether oxygens (including phenoxy) is 9. The standard InChI is InChI=1S/C27H42N3O9P.C20H30N5O9P.C17H22N3O9P/c1-4-5-6-7-8-9-10-11-12-15-21(31)28-16-13-14-20-17-30(26(33)29-24(20)32)25-22-23(39-40(3,34)35)27(38-25,18-36-2)19-37-22;1-31-10-20-11-32-14(15(20)34-35(2,29)30)18(33-20)25-9-12(16(26)24-19(25)28)5-4-8-23-17(27)13(22)6-3-7-21;1-10(21)18-6-4-5-11-7-20(16(23)19-14(11)22)15-12-13(29-30(3,24)25)17(28-15,8-26-2)9-27-12/h17,22-23,25H,4-12,15-16,18-19H2,1-3H3,(H,28,31)(H,34,35)(H,29,32,33);9,13-15,18H,3,6-8,10-11,21-22H2,1-2H3,(H,23,27)(H,29,30)(H,24,26,28);7,12-13,15H,6,8-9H2,1-3H3,(H,18,21)(H,24,25)(H,19,22,23)/t22?,23-,25-,27+;13-,14?,15+,18+,20-;12?,13-,15-,17+/m101/s1. The van der Waals surface area contributed by atoms with Crippen molar-refractivity contribution in [3.8, 4) is 35.5 Å². The lowest BCUT2D eigenvalue weighted by Crippen LogP contribution is -2.46. The zero-order valence-corrected chi connectivity index (χ0v) is 62.2. The quantitative estimate of drug-likeness (QED) is 0.0194. The Labute approximate surface area is 602 Å². The fourth-order valence-electron chi connectivity index (χ4n) is 12.4. The number of fused-ring (bicyclic) bond motifs is 6. The second kappa shape index (κ2) is 38.3. The van der Waals surface area contributed by atoms with Gasteiger partial charge in [0.2, 0.25) is 17.7 Å². The number of unbranched alkanes of at least 4 members (excludes halogenated alkanes) is 8. The lowest BCUT2D eigenvalue weighted by molar-refractivity contribution is -0.190. The molecule has 16 atom stereocenters. The number of H-pyrrole nitrogens is 3. The first-order chi connectivity index (χ1) is 49.7. The molecule has 3 amide bonds. The zero-order valence-electron chi connectivity index (χ0n) is 59.5. The number of amides is 3. The number of nitrogens with zero attached hydrogens (tertiary/aromatic N) is 3. The highest BCUT2D eigenvalue weighted by Crippen LogP contribution is 2.55. The van der Waals surface area contributed by atoms with Gasteiger partial charge in [-0.3, -0.25) is 84.7 Å². The summed E-state index contributed by atoms with van der Waals surface area (Å²) in [6, 6.07) is -0.715. The van der Waals surface area contributed by atoms with E-state index in [1.54, 1.807) is 0 Å². The predicted octanol–water partition coefficient (Wildman–Crippen LogP) is -1.44. The van der Waals surface area contributed by atoms with Crippen LogP contribution in [-0.4, -0.2) is 228 Å². The summed E-state index contributed by atoms with van der Waals surface area (Å²) in [5.41, 5.74) is 2.93. The molecule has 6 aliphatic heterocycles. The van der Waals surface area contributed by atoms with E-state index < -0.39 is 141 Å². The summed E-state index contributed by atoms with van der Waals surface area (Å²) in [5.74, 6) is 15.1. The molecule has 6 unspecified atom stereocenters. The van der Waals surface area contributed by atoms with Crippen LogP contribution in [0.4, 0.5) is 0 Å². The molecule has 0 radical (unpaired) electrons. The van der Waals surface area contributed by atoms with Crippen molar-refractivity contribution in [1.82, 2.24) is 44.6 Å². The Morgan fingerprint density at radius 3 is 1.22 bits per heavy atom. The van der Waals surface area contributed by atoms with Crippen LogP contribution in [0.2, 0.25) is 0 Å². The SMILES string of the molecule is CCCCCCCCCCCC(=O)NCC#Cc1cn([C@@H]2O[C@@]3(COC)COC2[C@H]3OP(C)(=O)O)c(=O)[nH]c1=O.COC[C@@]12COC([C@H](n3cc(C#CCNC(=O)[C@@H](N)CCCN)c(=O)[nH]c3=O)O1)[C@H]2OP(C)(=O)O.COC[C@@]12COC([C@H](n3cc(C#CCNC(C)=O)c(=O)[nH]c3=O)O1)[C@H]2OP(C)(=O)O. The summed E-state index contributed by atoms with van der Waals surface area (Å²) in [7, 11) is -7.48. The second-order valence-electron chi connectivity index (χ2n) is 25.9. The average molecular weight is 1540 g/mol. The van der Waals surface area contributed by atoms with Crippen molar-refractivity contribution in [2.45, 2.75) is 169 Å². The number of rotatable bonds is 32. The molecule has 9 rings (SSSR count). The highest BCUT2D eigenvalue weighted by Gasteiger charge is 2.67. The fraction of sp³-hybridized carbons (Fsp3) is 0.672. The Bertz CT molecular complexity index is 4260. The molecule has 13 N–H and O–H groups in total. The van der Waals surface area contributed by atoms with Crippen LogP contribution in [0.1, 0.15) is 126 Å². The van der Waals surface area contributed by atoms with Crippen LogP contribution in [0, 0.1) is 35.5 Å². The molecular formula is C64H94N11O27P3. The van der Waals surface area contributed by atoms with Crippen LogP contribution in [0.3, 0.4) is 0 Å². The van der Waals surface area contributed by atoms with Gasteiger partial charge in [0.05, 0.1) is 65.3 Å². The molecule has 41 heteroatoms. The normalized spacial score (nSPS) is 27.0. The molecule has 38 nitrogen and oxygen atoms in total. The summed E-state index contributed by atoms with van der Waals surface area (Å²) in [6.45, 7) is 7.13. The van der Waals surface area contributed by atoms with E-state index in [1.807, 2.05) is 0 Å². The third-order valence-electron chi connectivity index (χ3n) is 17.1. The molecule has 0 spiro atoms. The number of nitrogens with one attached hydrogen (secondary N) is 6. The van der Waals surface area contributed by atoms with Gasteiger partial charge in [-0.15, -0.1) is 0 Å². The molecule has 0 aromatic carbocycles. The topological polar surface area (TPSA) is 527 Å². The lowest BCUT2D eigenvalue weighted by Gasteiger charge is -2.31. The van der Waals surface area contributed by atoms with Crippen LogP contribution < -0.4 is 61.2 Å². The van der Waals surface area contributed by atoms with Crippen molar-refractivity contribution in [1.29, 1.82) is 0 Å². The van der Waals surface area contributed by atoms with Crippen LogP contribution in [0.15, 0.2) is 47.4 Å². The second-order valence-corrected chi connectivity index (χ2v) is 31.3. The van der Waals surface area contributed by atoms with Crippen LogP contribution >= 0.6 is 22.8 Å². The first-order valence-electron chi connectivity index (χ1n) is 33.8. The minimum absolute atomic E-state index is 0.00578. The van der Waals surface area contributed by atoms with Crippen LogP contribution in [0.5, 0.6) is 0 Å². The van der Waals surface area contributed by atoms with E-state index >= 15 is 0 Å². The molecule has 9 heterocycles. The van der Waals surface area contributed by atoms with Gasteiger partial charge in [-0.05, 0) is 25.8 Å². The smallest absolute Gasteiger partial charge is 0.330 e. The highest BCUT2D eigenvalue weighted by molar-refractivity contribution is 7.52. The van der Waals surface area contributed by atoms with Crippen LogP contribution in [-0.2, 0) is 84.3 Å². The van der Waals surface area contributed by atoms with Gasteiger partial charge in [-0.1, -0.05) is 93.8 Å². The maximum Gasteiger partial charge on any atom is 0.330 e. The minimum Gasteiger partial charge on any atom is -0.381 e. The van der Waals surface area contributed by atoms with Crippen LogP contribution in [0.25, 0.3) is 0 Å². The Morgan fingerprint density at radius 2 is 0.895 bits per heavy atom. The number of aromatic amines is 3. The number of nitrogens with two attached hydrogens (primary N) is 2. The first kappa shape index (κ1) is 85.4. The van der Waals surface area contributed by atoms with Gasteiger partial charge >= 0.3 is 39.9 Å². The van der Waals surface area contributed by atoms with E-state index in [2.05, 4.69) is 73.3 Å². The van der Waals surface area contributed by atoms with E-state index in [0.717, 1.165) is 53.0 Å². The molecule has 105 heavy (non-hydrogen) atoms. The average Bonchev–Trinajstić information content (AvgIpc) is 1.59. The molecule has 0 aliphatic carbocycles. The van der Waals surface area contributed by atoms with Gasteiger partial charge in [-0.2, -0.15) is 0 Å². The van der Waals surface area contributed by atoms with E-state index in [1.165, 1.54) is 85.4 Å². The Balaban J connectivity index is 0.000000222. The van der Waals surface area contributed by atoms with Gasteiger partial charge in [0.15, 0.2) is 18.7 Å². The van der Waals surface area contributed by atoms with Crippen molar-refractivity contribution < 1.29 is 99.0 Å². The third-order valence-corrected chi connectivity index (χ3v) is 19.0. The van der Waals surface area contributed by atoms with Crippen molar-refractivity contribution in [3.63, 3.8) is 0 Å². The summed E-state index contributed by atoms with van der Waals surface area (Å²) in [6.07, 6.45) is 6.79. The molecule has 3 aromatic heterocycles. The van der Waals surface area contributed by atoms with Gasteiger partial charge < -0.3 is 84.7 Å². The molecule has 3 aromatic rings. The zero-order chi connectivity index (χ0) is 77.1. The number of methoxy groups -OCH3 is 3. The van der Waals surface area contributed by atoms with E-state index in [9.17, 15) is 71.5 Å². The van der Waals surface area contributed by atoms with E-state index in [-0.39, 0.29) is 87.8 Å². The molecule has 582 valence electrons. The number of carbonyl (C=O) groups is 3. The van der Waals surface area contributed by atoms with Crippen molar-refractivity contribution in [2.75, 3.05) is 107 Å². The molecule has 6 aliphatic rings. The summed E-state index contributed by atoms with van der Waals surface area (Å²) in [5, 5.41) is 7.74. The number of aromatic nitrogens is 6. The van der Waals surface area contributed by atoms with E-state index in [0.29, 0.717) is 25.8 Å². The Kier molecular flexibility index (Phi) is 31.1. The van der Waals surface area contributed by atoms with Crippen molar-refractivity contribution in [3.05, 3.63) is 97.8 Å². The molecule has 6 saturated heterocycles. The number of hydrogen-bond acceptors (Lipinski definition) is 26. The van der Waals surface area contributed by atoms with Crippen molar-refractivity contribution >= 4 is 40.5 Å². The number of carbonyl (C=O) groups excluding carboxylic acids is 3. The fourth-order valence-corrected chi connectivity index (χ4v) is 14.6. The largest absolute Gasteiger partial charge is 0.381 e. The van der Waals surface area contributed by atoms with Gasteiger partial charge in [0.25, 0.3) is 16.7 Å². The molecule has 0 saturated carbocycles. The summed E-state index contributed by atoms with van der Waals surface area (Å²) >= 11 is 0. The van der Waals surface area contributed by atoms with Gasteiger partial charge in [0.1, 0.15) is 70.1 Å². The first-order valence-corrected chi connectivity index (χ1v) is 39.8. The summed E-state index contributed by atoms with van der Waals surface area (Å²) in [4.78, 5) is 145. The minimum atomic E-state index is -3.94. The Hall–Kier alpha value is -6.86. The van der Waals surface area contributed by atoms with E-state index in [4.69, 9.17) is 67.7 Å². The maximum atomic E-state index is 12.6. The Morgan fingerprint density at radius 1 is 0.562 bits per heavy atom. The predicted molar refractivity (Wildman–Crippen MR) is 373 cm³/mol. The maximum absolute atomic E-state index is 12.6. The summed E-state index contributed by atoms with van der Waals surface area (Å²) < 4.78 is 106. The van der Waals surface area contributed by atoms with Crippen molar-refractivity contribution in [2.24, 2.45) is 11.5 Å². The van der Waals surface area contributed by atoms with Gasteiger partial charge in [-0.25, -0.2) is 14.4 Å².